The predicted octanol–water partition coefficient (Wildman–Crippen LogP) is 0.688. The quantitative estimate of drug-likeness (QED) is 0.676. The van der Waals surface area contributed by atoms with Gasteiger partial charge in [0.2, 0.25) is 10.0 Å². The zero-order chi connectivity index (χ0) is 14.3. The number of sulfonamides is 1. The van der Waals surface area contributed by atoms with Crippen molar-refractivity contribution in [3.8, 4) is 0 Å². The highest BCUT2D eigenvalue weighted by Crippen LogP contribution is 2.09. The van der Waals surface area contributed by atoms with Crippen LogP contribution in [0.5, 0.6) is 0 Å². The molecule has 1 rings (SSSR count). The van der Waals surface area contributed by atoms with Crippen molar-refractivity contribution in [2.24, 2.45) is 0 Å². The first-order chi connectivity index (χ1) is 8.87. The minimum absolute atomic E-state index is 0.156. The second-order valence-corrected chi connectivity index (χ2v) is 6.18. The predicted molar refractivity (Wildman–Crippen MR) is 74.5 cm³/mol. The molecule has 0 bridgehead atoms. The maximum atomic E-state index is 11.4. The molecule has 0 spiro atoms. The maximum absolute atomic E-state index is 11.4. The van der Waals surface area contributed by atoms with Crippen LogP contribution in [0.2, 0.25) is 5.02 Å². The Morgan fingerprint density at radius 2 is 2.00 bits per heavy atom. The summed E-state index contributed by atoms with van der Waals surface area (Å²) in [5.41, 5.74) is 0.886. The van der Waals surface area contributed by atoms with E-state index in [0.717, 1.165) is 11.8 Å². The Hall–Kier alpha value is -1.31. The number of nitrogens with one attached hydrogen (secondary N) is 3. The van der Waals surface area contributed by atoms with Crippen molar-refractivity contribution >= 4 is 27.7 Å². The summed E-state index contributed by atoms with van der Waals surface area (Å²) >= 11 is 5.81. The molecule has 0 aliphatic heterocycles. The topological polar surface area (TPSA) is 87.3 Å². The molecule has 0 aliphatic carbocycles. The molecule has 1 aromatic rings. The van der Waals surface area contributed by atoms with Gasteiger partial charge in [-0.15, -0.1) is 0 Å². The number of carbonyl (C=O) groups excluding carboxylic acids is 1. The zero-order valence-electron chi connectivity index (χ0n) is 10.4. The SMILES string of the molecule is CS(=O)(=O)NCCNC(=O)NCc1cccc(Cl)c1. The van der Waals surface area contributed by atoms with Crippen LogP contribution in [0.25, 0.3) is 0 Å². The molecule has 6 nitrogen and oxygen atoms in total. The highest BCUT2D eigenvalue weighted by molar-refractivity contribution is 7.88. The van der Waals surface area contributed by atoms with Crippen LogP contribution in [0, 0.1) is 0 Å². The van der Waals surface area contributed by atoms with Crippen LogP contribution in [-0.2, 0) is 16.6 Å². The fraction of sp³-hybridized carbons (Fsp3) is 0.364. The van der Waals surface area contributed by atoms with Crippen LogP contribution in [0.4, 0.5) is 4.79 Å². The van der Waals surface area contributed by atoms with Gasteiger partial charge in [0, 0.05) is 24.7 Å². The molecule has 1 aromatic carbocycles. The lowest BCUT2D eigenvalue weighted by atomic mass is 10.2. The molecule has 0 unspecified atom stereocenters. The molecule has 8 heteroatoms. The van der Waals surface area contributed by atoms with E-state index in [1.807, 2.05) is 6.07 Å². The molecular formula is C11H16ClN3O3S. The van der Waals surface area contributed by atoms with E-state index in [2.05, 4.69) is 15.4 Å². The van der Waals surface area contributed by atoms with E-state index in [0.29, 0.717) is 11.6 Å². The highest BCUT2D eigenvalue weighted by atomic mass is 35.5. The molecular weight excluding hydrogens is 290 g/mol. The van der Waals surface area contributed by atoms with Crippen LogP contribution in [0.15, 0.2) is 24.3 Å². The standard InChI is InChI=1S/C11H16ClN3O3S/c1-19(17,18)15-6-5-13-11(16)14-8-9-3-2-4-10(12)7-9/h2-4,7,15H,5-6,8H2,1H3,(H2,13,14,16). The van der Waals surface area contributed by atoms with Gasteiger partial charge in [0.25, 0.3) is 0 Å². The van der Waals surface area contributed by atoms with Crippen LogP contribution in [0.1, 0.15) is 5.56 Å². The third-order valence-corrected chi connectivity index (χ3v) is 3.08. The van der Waals surface area contributed by atoms with Gasteiger partial charge in [0.1, 0.15) is 0 Å². The van der Waals surface area contributed by atoms with Crippen LogP contribution in [-0.4, -0.2) is 33.8 Å². The molecule has 0 radical (unpaired) electrons. The molecule has 19 heavy (non-hydrogen) atoms. The summed E-state index contributed by atoms with van der Waals surface area (Å²) in [5, 5.41) is 5.78. The number of halogens is 1. The number of hydrogen-bond donors (Lipinski definition) is 3. The number of hydrogen-bond acceptors (Lipinski definition) is 3. The molecule has 0 aromatic heterocycles. The summed E-state index contributed by atoms with van der Waals surface area (Å²) in [5.74, 6) is 0. The van der Waals surface area contributed by atoms with Gasteiger partial charge in [-0.3, -0.25) is 0 Å². The van der Waals surface area contributed by atoms with E-state index >= 15 is 0 Å². The average molecular weight is 306 g/mol. The molecule has 0 fully saturated rings. The Morgan fingerprint density at radius 3 is 2.63 bits per heavy atom. The van der Waals surface area contributed by atoms with E-state index in [9.17, 15) is 13.2 Å². The second kappa shape index (κ2) is 7.32. The van der Waals surface area contributed by atoms with Crippen molar-refractivity contribution in [2.45, 2.75) is 6.54 Å². The Morgan fingerprint density at radius 1 is 1.26 bits per heavy atom. The number of benzene rings is 1. The van der Waals surface area contributed by atoms with Crippen LogP contribution in [0.3, 0.4) is 0 Å². The van der Waals surface area contributed by atoms with Gasteiger partial charge in [-0.05, 0) is 17.7 Å². The molecule has 0 saturated heterocycles. The molecule has 2 amide bonds. The monoisotopic (exact) mass is 305 g/mol. The van der Waals surface area contributed by atoms with Gasteiger partial charge >= 0.3 is 6.03 Å². The van der Waals surface area contributed by atoms with Crippen molar-refractivity contribution in [3.05, 3.63) is 34.9 Å². The lowest BCUT2D eigenvalue weighted by molar-refractivity contribution is 0.240. The molecule has 106 valence electrons. The average Bonchev–Trinajstić information content (AvgIpc) is 2.31. The lowest BCUT2D eigenvalue weighted by Gasteiger charge is -2.08. The highest BCUT2D eigenvalue weighted by Gasteiger charge is 2.02. The Labute approximate surface area is 117 Å². The maximum Gasteiger partial charge on any atom is 0.315 e. The van der Waals surface area contributed by atoms with Crippen LogP contribution < -0.4 is 15.4 Å². The van der Waals surface area contributed by atoms with E-state index in [1.165, 1.54) is 0 Å². The van der Waals surface area contributed by atoms with Crippen molar-refractivity contribution in [1.82, 2.24) is 15.4 Å². The summed E-state index contributed by atoms with van der Waals surface area (Å²) in [6.07, 6.45) is 1.06. The summed E-state index contributed by atoms with van der Waals surface area (Å²) in [4.78, 5) is 11.4. The molecule has 0 aliphatic rings. The second-order valence-electron chi connectivity index (χ2n) is 3.91. The molecule has 0 atom stereocenters. The number of amides is 2. The van der Waals surface area contributed by atoms with E-state index in [1.54, 1.807) is 18.2 Å². The van der Waals surface area contributed by atoms with E-state index in [-0.39, 0.29) is 19.1 Å². The fourth-order valence-corrected chi connectivity index (χ4v) is 1.99. The Balaban J connectivity index is 2.21. The summed E-state index contributed by atoms with van der Waals surface area (Å²) in [6, 6.07) is 6.79. The number of carbonyl (C=O) groups is 1. The van der Waals surface area contributed by atoms with Crippen molar-refractivity contribution in [1.29, 1.82) is 0 Å². The first-order valence-electron chi connectivity index (χ1n) is 5.57. The third-order valence-electron chi connectivity index (χ3n) is 2.12. The minimum atomic E-state index is -3.22. The van der Waals surface area contributed by atoms with Crippen LogP contribution >= 0.6 is 11.6 Å². The minimum Gasteiger partial charge on any atom is -0.337 e. The number of urea groups is 1. The Kier molecular flexibility index (Phi) is 6.07. The van der Waals surface area contributed by atoms with Crippen molar-refractivity contribution < 1.29 is 13.2 Å². The Bertz CT molecular complexity index is 534. The van der Waals surface area contributed by atoms with Gasteiger partial charge in [0.05, 0.1) is 6.26 Å². The largest absolute Gasteiger partial charge is 0.337 e. The third kappa shape index (κ3) is 7.66. The van der Waals surface area contributed by atoms with E-state index in [4.69, 9.17) is 11.6 Å². The van der Waals surface area contributed by atoms with Gasteiger partial charge < -0.3 is 10.6 Å². The summed E-state index contributed by atoms with van der Waals surface area (Å²) < 4.78 is 23.8. The van der Waals surface area contributed by atoms with Gasteiger partial charge in [0.15, 0.2) is 0 Å². The first-order valence-corrected chi connectivity index (χ1v) is 7.84. The molecule has 0 saturated carbocycles. The molecule has 3 N–H and O–H groups in total. The smallest absolute Gasteiger partial charge is 0.315 e. The number of rotatable bonds is 6. The fourth-order valence-electron chi connectivity index (χ4n) is 1.30. The molecule has 0 heterocycles. The zero-order valence-corrected chi connectivity index (χ0v) is 12.0. The first kappa shape index (κ1) is 15.7. The van der Waals surface area contributed by atoms with Crippen molar-refractivity contribution in [3.63, 3.8) is 0 Å². The lowest BCUT2D eigenvalue weighted by Crippen LogP contribution is -2.39. The van der Waals surface area contributed by atoms with Gasteiger partial charge in [-0.1, -0.05) is 23.7 Å². The normalized spacial score (nSPS) is 11.1. The van der Waals surface area contributed by atoms with Gasteiger partial charge in [-0.2, -0.15) is 0 Å². The van der Waals surface area contributed by atoms with Crippen molar-refractivity contribution in [2.75, 3.05) is 19.3 Å². The van der Waals surface area contributed by atoms with E-state index < -0.39 is 10.0 Å². The van der Waals surface area contributed by atoms with Gasteiger partial charge in [-0.25, -0.2) is 17.9 Å². The summed E-state index contributed by atoms with van der Waals surface area (Å²) in [6.45, 7) is 0.726. The summed E-state index contributed by atoms with van der Waals surface area (Å²) in [7, 11) is -3.22.